The first-order valence-electron chi connectivity index (χ1n) is 7.52. The molecule has 0 amide bonds. The molecule has 4 nitrogen and oxygen atoms in total. The van der Waals surface area contributed by atoms with Crippen molar-refractivity contribution in [3.63, 3.8) is 0 Å². The van der Waals surface area contributed by atoms with Crippen LogP contribution >= 0.6 is 0 Å². The summed E-state index contributed by atoms with van der Waals surface area (Å²) in [6.45, 7) is 0. The smallest absolute Gasteiger partial charge is 0.221 e. The van der Waals surface area contributed by atoms with Crippen molar-refractivity contribution in [2.24, 2.45) is 0 Å². The van der Waals surface area contributed by atoms with Crippen molar-refractivity contribution in [1.29, 1.82) is 0 Å². The van der Waals surface area contributed by atoms with Crippen LogP contribution in [0.25, 0.3) is 28.0 Å². The number of ether oxygens (including phenoxy) is 1. The molecule has 2 aromatic carbocycles. The van der Waals surface area contributed by atoms with E-state index in [1.807, 2.05) is 48.5 Å². The van der Waals surface area contributed by atoms with Crippen molar-refractivity contribution in [2.45, 2.75) is 0 Å². The number of fused-ring (bicyclic) bond motifs is 2. The summed E-state index contributed by atoms with van der Waals surface area (Å²) in [6.07, 6.45) is 3.08. The monoisotopic (exact) mass is 318 g/mol. The number of allylic oxidation sites excluding steroid dienone is 1. The summed E-state index contributed by atoms with van der Waals surface area (Å²) in [5.74, 6) is 1.34. The Morgan fingerprint density at radius 1 is 1.00 bits per heavy atom. The average Bonchev–Trinajstić information content (AvgIpc) is 3.22. The second kappa shape index (κ2) is 5.74. The Morgan fingerprint density at radius 2 is 1.83 bits per heavy atom. The molecule has 24 heavy (non-hydrogen) atoms. The lowest BCUT2D eigenvalue weighted by molar-refractivity contribution is 0.102. The molecule has 118 valence electrons. The molecule has 2 heterocycles. The Morgan fingerprint density at radius 3 is 2.67 bits per heavy atom. The molecule has 2 aromatic heterocycles. The van der Waals surface area contributed by atoms with Crippen LogP contribution in [-0.2, 0) is 0 Å². The number of methoxy groups -OCH3 is 1. The highest BCUT2D eigenvalue weighted by Gasteiger charge is 2.10. The first-order chi connectivity index (χ1) is 11.7. The van der Waals surface area contributed by atoms with Gasteiger partial charge in [-0.2, -0.15) is 0 Å². The maximum Gasteiger partial charge on any atom is 0.221 e. The molecule has 0 spiro atoms. The van der Waals surface area contributed by atoms with E-state index in [4.69, 9.17) is 13.6 Å². The molecule has 0 aliphatic heterocycles. The number of hydrogen-bond acceptors (Lipinski definition) is 4. The van der Waals surface area contributed by atoms with Crippen molar-refractivity contribution in [3.8, 4) is 5.75 Å². The van der Waals surface area contributed by atoms with Gasteiger partial charge in [-0.25, -0.2) is 0 Å². The van der Waals surface area contributed by atoms with Crippen LogP contribution in [0.2, 0.25) is 0 Å². The number of rotatable bonds is 4. The topological polar surface area (TPSA) is 52.6 Å². The van der Waals surface area contributed by atoms with Crippen LogP contribution in [0, 0.1) is 0 Å². The molecular weight excluding hydrogens is 304 g/mol. The molecule has 0 aliphatic rings. The van der Waals surface area contributed by atoms with Gasteiger partial charge in [0, 0.05) is 10.8 Å². The molecule has 0 saturated carbocycles. The Bertz CT molecular complexity index is 1030. The summed E-state index contributed by atoms with van der Waals surface area (Å²) in [7, 11) is 1.60. The number of hydrogen-bond donors (Lipinski definition) is 0. The van der Waals surface area contributed by atoms with Gasteiger partial charge in [-0.3, -0.25) is 4.79 Å². The van der Waals surface area contributed by atoms with E-state index < -0.39 is 0 Å². The summed E-state index contributed by atoms with van der Waals surface area (Å²) < 4.78 is 16.6. The van der Waals surface area contributed by atoms with Crippen LogP contribution in [0.4, 0.5) is 0 Å². The van der Waals surface area contributed by atoms with E-state index in [-0.39, 0.29) is 5.78 Å². The highest BCUT2D eigenvalue weighted by atomic mass is 16.5. The van der Waals surface area contributed by atoms with E-state index in [0.717, 1.165) is 10.8 Å². The number of carbonyl (C=O) groups is 1. The second-order valence-electron chi connectivity index (χ2n) is 5.37. The summed E-state index contributed by atoms with van der Waals surface area (Å²) in [5, 5.41) is 1.83. The molecule has 4 aromatic rings. The van der Waals surface area contributed by atoms with E-state index in [2.05, 4.69) is 0 Å². The van der Waals surface area contributed by atoms with Gasteiger partial charge in [0.05, 0.1) is 7.11 Å². The van der Waals surface area contributed by atoms with Crippen molar-refractivity contribution < 1.29 is 18.4 Å². The van der Waals surface area contributed by atoms with Gasteiger partial charge in [0.2, 0.25) is 5.78 Å². The fraction of sp³-hybridized carbons (Fsp3) is 0.0500. The highest BCUT2D eigenvalue weighted by molar-refractivity contribution is 6.07. The number of para-hydroxylation sites is 2. The van der Waals surface area contributed by atoms with Gasteiger partial charge in [-0.05, 0) is 36.4 Å². The Kier molecular flexibility index (Phi) is 3.43. The average molecular weight is 318 g/mol. The third-order valence-corrected chi connectivity index (χ3v) is 3.81. The Labute approximate surface area is 137 Å². The quantitative estimate of drug-likeness (QED) is 0.389. The van der Waals surface area contributed by atoms with Gasteiger partial charge in [0.25, 0.3) is 0 Å². The van der Waals surface area contributed by atoms with Gasteiger partial charge < -0.3 is 13.6 Å². The zero-order valence-electron chi connectivity index (χ0n) is 13.0. The third kappa shape index (κ3) is 2.48. The second-order valence-corrected chi connectivity index (χ2v) is 5.37. The predicted molar refractivity (Wildman–Crippen MR) is 92.3 cm³/mol. The first kappa shape index (κ1) is 14.3. The van der Waals surface area contributed by atoms with Gasteiger partial charge in [-0.1, -0.05) is 30.3 Å². The van der Waals surface area contributed by atoms with Crippen molar-refractivity contribution >= 4 is 33.8 Å². The molecule has 4 rings (SSSR count). The normalized spacial score (nSPS) is 11.5. The maximum absolute atomic E-state index is 12.3. The summed E-state index contributed by atoms with van der Waals surface area (Å²) in [5.41, 5.74) is 1.36. The van der Waals surface area contributed by atoms with Crippen LogP contribution in [-0.4, -0.2) is 12.9 Å². The molecule has 0 radical (unpaired) electrons. The summed E-state index contributed by atoms with van der Waals surface area (Å²) in [6, 6.07) is 16.8. The molecule has 0 bridgehead atoms. The number of furan rings is 2. The minimum absolute atomic E-state index is 0.210. The van der Waals surface area contributed by atoms with Crippen LogP contribution in [0.3, 0.4) is 0 Å². The Balaban J connectivity index is 1.63. The third-order valence-electron chi connectivity index (χ3n) is 3.81. The van der Waals surface area contributed by atoms with Crippen molar-refractivity contribution in [2.75, 3.05) is 7.11 Å². The van der Waals surface area contributed by atoms with Crippen molar-refractivity contribution in [1.82, 2.24) is 0 Å². The number of benzene rings is 2. The zero-order valence-corrected chi connectivity index (χ0v) is 13.0. The zero-order chi connectivity index (χ0) is 16.5. The van der Waals surface area contributed by atoms with Crippen LogP contribution in [0.5, 0.6) is 5.75 Å². The lowest BCUT2D eigenvalue weighted by atomic mass is 10.2. The highest BCUT2D eigenvalue weighted by Crippen LogP contribution is 2.29. The van der Waals surface area contributed by atoms with E-state index >= 15 is 0 Å². The van der Waals surface area contributed by atoms with E-state index in [9.17, 15) is 4.79 Å². The molecule has 0 fully saturated rings. The molecule has 0 N–H and O–H groups in total. The number of carbonyl (C=O) groups excluding carboxylic acids is 1. The molecule has 0 atom stereocenters. The van der Waals surface area contributed by atoms with Gasteiger partial charge in [-0.15, -0.1) is 0 Å². The summed E-state index contributed by atoms with van der Waals surface area (Å²) in [4.78, 5) is 12.3. The minimum atomic E-state index is -0.210. The van der Waals surface area contributed by atoms with Crippen molar-refractivity contribution in [3.05, 3.63) is 72.2 Å². The summed E-state index contributed by atoms with van der Waals surface area (Å²) >= 11 is 0. The largest absolute Gasteiger partial charge is 0.493 e. The lowest BCUT2D eigenvalue weighted by Gasteiger charge is -1.98. The standard InChI is InChI=1S/C20H14O4/c1-22-18-8-4-6-14-11-15(23-20(14)18)9-10-16(21)19-12-13-5-2-3-7-17(13)24-19/h2-12H,1H3/b10-9+. The molecule has 0 saturated heterocycles. The Hall–Kier alpha value is -3.27. The minimum Gasteiger partial charge on any atom is -0.493 e. The molecular formula is C20H14O4. The SMILES string of the molecule is COc1cccc2cc(/C=C/C(=O)c3cc4ccccc4o3)oc12. The number of ketones is 1. The van der Waals surface area contributed by atoms with E-state index in [1.165, 1.54) is 6.08 Å². The predicted octanol–water partition coefficient (Wildman–Crippen LogP) is 5.08. The molecule has 0 unspecified atom stereocenters. The molecule has 0 aliphatic carbocycles. The van der Waals surface area contributed by atoms with Gasteiger partial charge in [0.15, 0.2) is 17.1 Å². The van der Waals surface area contributed by atoms with Crippen LogP contribution < -0.4 is 4.74 Å². The maximum atomic E-state index is 12.3. The lowest BCUT2D eigenvalue weighted by Crippen LogP contribution is -1.89. The van der Waals surface area contributed by atoms with Crippen LogP contribution in [0.1, 0.15) is 16.3 Å². The fourth-order valence-electron chi connectivity index (χ4n) is 2.64. The van der Waals surface area contributed by atoms with E-state index in [1.54, 1.807) is 19.3 Å². The van der Waals surface area contributed by atoms with Crippen LogP contribution in [0.15, 0.2) is 69.5 Å². The van der Waals surface area contributed by atoms with Gasteiger partial charge >= 0.3 is 0 Å². The van der Waals surface area contributed by atoms with Gasteiger partial charge in [0.1, 0.15) is 11.3 Å². The first-order valence-corrected chi connectivity index (χ1v) is 7.52. The van der Waals surface area contributed by atoms with E-state index in [0.29, 0.717) is 28.4 Å². The molecule has 4 heteroatoms. The fourth-order valence-corrected chi connectivity index (χ4v) is 2.64.